The summed E-state index contributed by atoms with van der Waals surface area (Å²) in [4.78, 5) is 11.2. The largest absolute Gasteiger partial charge is 0.456 e. The molecule has 21 heavy (non-hydrogen) atoms. The molecule has 0 aliphatic carbocycles. The van der Waals surface area contributed by atoms with Crippen LogP contribution < -0.4 is 0 Å². The van der Waals surface area contributed by atoms with Crippen LogP contribution in [0.25, 0.3) is 22.5 Å². The van der Waals surface area contributed by atoms with Crippen LogP contribution in [-0.4, -0.2) is 11.1 Å². The van der Waals surface area contributed by atoms with Crippen molar-refractivity contribution in [1.82, 2.24) is 5.16 Å². The number of hydrogen-bond donors (Lipinski definition) is 0. The zero-order valence-corrected chi connectivity index (χ0v) is 11.4. The third kappa shape index (κ3) is 2.86. The monoisotopic (exact) mass is 283 g/mol. The lowest BCUT2D eigenvalue weighted by Gasteiger charge is -1.95. The van der Waals surface area contributed by atoms with Crippen molar-refractivity contribution in [3.63, 3.8) is 0 Å². The summed E-state index contributed by atoms with van der Waals surface area (Å²) >= 11 is 0. The van der Waals surface area contributed by atoms with Crippen LogP contribution in [0.5, 0.6) is 0 Å². The quantitative estimate of drug-likeness (QED) is 0.539. The van der Waals surface area contributed by atoms with E-state index in [0.717, 1.165) is 11.0 Å². The molecule has 1 aromatic carbocycles. The minimum Gasteiger partial charge on any atom is -0.456 e. The highest BCUT2D eigenvalue weighted by Gasteiger charge is 2.12. The fourth-order valence-electron chi connectivity index (χ4n) is 1.93. The van der Waals surface area contributed by atoms with E-state index in [-0.39, 0.29) is 6.61 Å². The van der Waals surface area contributed by atoms with Gasteiger partial charge in [-0.2, -0.15) is 0 Å². The Bertz CT molecular complexity index is 764. The number of nitrogens with zero attached hydrogens (tertiary/aromatic N) is 1. The summed E-state index contributed by atoms with van der Waals surface area (Å²) in [6.45, 7) is 1.81. The van der Waals surface area contributed by atoms with Crippen LogP contribution in [0.1, 0.15) is 12.6 Å². The van der Waals surface area contributed by atoms with Gasteiger partial charge >= 0.3 is 5.97 Å². The second kappa shape index (κ2) is 5.66. The summed E-state index contributed by atoms with van der Waals surface area (Å²) in [5.74, 6) is 0.684. The number of allylic oxidation sites excluding steroid dienone is 1. The molecular formula is C16H13NO4. The molecule has 0 atom stereocenters. The topological polar surface area (TPSA) is 65.5 Å². The lowest BCUT2D eigenvalue weighted by atomic mass is 10.2. The van der Waals surface area contributed by atoms with Crippen LogP contribution >= 0.6 is 0 Å². The number of carbonyl (C=O) groups excluding carboxylic acids is 1. The van der Waals surface area contributed by atoms with Gasteiger partial charge in [-0.1, -0.05) is 29.4 Å². The summed E-state index contributed by atoms with van der Waals surface area (Å²) in [7, 11) is 0. The second-order valence-corrected chi connectivity index (χ2v) is 4.44. The van der Waals surface area contributed by atoms with Gasteiger partial charge in [-0.3, -0.25) is 0 Å². The number of aromatic nitrogens is 1. The molecular weight excluding hydrogens is 270 g/mol. The fourth-order valence-corrected chi connectivity index (χ4v) is 1.93. The van der Waals surface area contributed by atoms with Crippen molar-refractivity contribution in [2.45, 2.75) is 13.5 Å². The van der Waals surface area contributed by atoms with Crippen LogP contribution in [0, 0.1) is 0 Å². The number of carbonyl (C=O) groups is 1. The van der Waals surface area contributed by atoms with Crippen molar-refractivity contribution >= 4 is 16.9 Å². The first-order chi connectivity index (χ1) is 10.3. The van der Waals surface area contributed by atoms with Gasteiger partial charge in [0.05, 0.1) is 0 Å². The molecule has 5 nitrogen and oxygen atoms in total. The van der Waals surface area contributed by atoms with Gasteiger partial charge < -0.3 is 13.7 Å². The third-order valence-electron chi connectivity index (χ3n) is 2.89. The van der Waals surface area contributed by atoms with Gasteiger partial charge in [-0.15, -0.1) is 0 Å². The van der Waals surface area contributed by atoms with Crippen LogP contribution in [0.15, 0.2) is 57.5 Å². The number of para-hydroxylation sites is 1. The first-order valence-corrected chi connectivity index (χ1v) is 6.50. The summed E-state index contributed by atoms with van der Waals surface area (Å²) in [6, 6.07) is 11.3. The molecule has 0 saturated carbocycles. The minimum absolute atomic E-state index is 0.0624. The van der Waals surface area contributed by atoms with Crippen molar-refractivity contribution < 1.29 is 18.5 Å². The molecule has 3 aromatic rings. The SMILES string of the molecule is C/C=C\C(=O)OCc1cc(-c2cc3ccccc3o2)on1. The Morgan fingerprint density at radius 2 is 2.14 bits per heavy atom. The summed E-state index contributed by atoms with van der Waals surface area (Å²) in [6.07, 6.45) is 2.96. The lowest BCUT2D eigenvalue weighted by molar-refractivity contribution is -0.139. The van der Waals surface area contributed by atoms with Gasteiger partial charge in [-0.05, 0) is 19.1 Å². The fraction of sp³-hybridized carbons (Fsp3) is 0.125. The number of fused-ring (bicyclic) bond motifs is 1. The summed E-state index contributed by atoms with van der Waals surface area (Å²) in [5.41, 5.74) is 1.31. The molecule has 2 aromatic heterocycles. The third-order valence-corrected chi connectivity index (χ3v) is 2.89. The van der Waals surface area contributed by atoms with E-state index >= 15 is 0 Å². The van der Waals surface area contributed by atoms with E-state index in [4.69, 9.17) is 13.7 Å². The van der Waals surface area contributed by atoms with E-state index in [1.165, 1.54) is 6.08 Å². The van der Waals surface area contributed by atoms with E-state index in [9.17, 15) is 4.79 Å². The van der Waals surface area contributed by atoms with Crippen molar-refractivity contribution in [2.75, 3.05) is 0 Å². The number of esters is 1. The van der Waals surface area contributed by atoms with Gasteiger partial charge in [0.15, 0.2) is 5.76 Å². The maximum absolute atomic E-state index is 11.2. The van der Waals surface area contributed by atoms with E-state index in [1.54, 1.807) is 19.1 Å². The summed E-state index contributed by atoms with van der Waals surface area (Å²) < 4.78 is 15.9. The molecule has 0 amide bonds. The van der Waals surface area contributed by atoms with Crippen molar-refractivity contribution in [1.29, 1.82) is 0 Å². The normalized spacial score (nSPS) is 11.3. The van der Waals surface area contributed by atoms with E-state index < -0.39 is 5.97 Å². The highest BCUT2D eigenvalue weighted by Crippen LogP contribution is 2.28. The number of benzene rings is 1. The van der Waals surface area contributed by atoms with Gasteiger partial charge in [0, 0.05) is 17.5 Å². The van der Waals surface area contributed by atoms with Crippen molar-refractivity contribution in [2.24, 2.45) is 0 Å². The smallest absolute Gasteiger partial charge is 0.330 e. The van der Waals surface area contributed by atoms with Crippen LogP contribution in [0.2, 0.25) is 0 Å². The maximum atomic E-state index is 11.2. The van der Waals surface area contributed by atoms with E-state index in [0.29, 0.717) is 17.2 Å². The minimum atomic E-state index is -0.411. The lowest BCUT2D eigenvalue weighted by Crippen LogP contribution is -2.00. The molecule has 0 spiro atoms. The molecule has 0 saturated heterocycles. The number of hydrogen-bond acceptors (Lipinski definition) is 5. The molecule has 0 aliphatic heterocycles. The van der Waals surface area contributed by atoms with Crippen LogP contribution in [-0.2, 0) is 16.1 Å². The molecule has 5 heteroatoms. The number of ether oxygens (including phenoxy) is 1. The first-order valence-electron chi connectivity index (χ1n) is 6.50. The highest BCUT2D eigenvalue weighted by molar-refractivity contribution is 5.82. The highest BCUT2D eigenvalue weighted by atomic mass is 16.5. The Morgan fingerprint density at radius 3 is 2.95 bits per heavy atom. The van der Waals surface area contributed by atoms with Crippen molar-refractivity contribution in [3.8, 4) is 11.5 Å². The zero-order valence-electron chi connectivity index (χ0n) is 11.4. The van der Waals surface area contributed by atoms with E-state index in [1.807, 2.05) is 30.3 Å². The van der Waals surface area contributed by atoms with Gasteiger partial charge in [-0.25, -0.2) is 4.79 Å². The Kier molecular flexibility index (Phi) is 3.55. The molecule has 0 bridgehead atoms. The van der Waals surface area contributed by atoms with Crippen LogP contribution in [0.4, 0.5) is 0 Å². The van der Waals surface area contributed by atoms with Crippen molar-refractivity contribution in [3.05, 3.63) is 54.2 Å². The van der Waals surface area contributed by atoms with Gasteiger partial charge in [0.1, 0.15) is 17.9 Å². The Balaban J connectivity index is 1.76. The number of furan rings is 1. The van der Waals surface area contributed by atoms with Crippen LogP contribution in [0.3, 0.4) is 0 Å². The Morgan fingerprint density at radius 1 is 1.29 bits per heavy atom. The standard InChI is InChI=1S/C16H13NO4/c1-2-5-16(18)19-10-12-9-15(21-17-12)14-8-11-6-3-4-7-13(11)20-14/h2-9H,10H2,1H3/b5-2-. The predicted octanol–water partition coefficient (Wildman–Crippen LogP) is 3.71. The molecule has 0 fully saturated rings. The maximum Gasteiger partial charge on any atom is 0.330 e. The molecule has 0 N–H and O–H groups in total. The predicted molar refractivity (Wildman–Crippen MR) is 76.3 cm³/mol. The molecule has 3 rings (SSSR count). The Labute approximate surface area is 120 Å². The second-order valence-electron chi connectivity index (χ2n) is 4.44. The Hall–Kier alpha value is -2.82. The molecule has 0 aliphatic rings. The van der Waals surface area contributed by atoms with E-state index in [2.05, 4.69) is 5.16 Å². The molecule has 2 heterocycles. The van der Waals surface area contributed by atoms with Gasteiger partial charge in [0.2, 0.25) is 5.76 Å². The summed E-state index contributed by atoms with van der Waals surface area (Å²) in [5, 5.41) is 4.85. The van der Waals surface area contributed by atoms with Gasteiger partial charge in [0.25, 0.3) is 0 Å². The first kappa shape index (κ1) is 13.2. The molecule has 106 valence electrons. The molecule has 0 unspecified atom stereocenters. The average Bonchev–Trinajstić information content (AvgIpc) is 3.11. The molecule has 0 radical (unpaired) electrons. The average molecular weight is 283 g/mol. The zero-order chi connectivity index (χ0) is 14.7. The number of rotatable bonds is 4.